The molecule has 0 spiro atoms. The van der Waals surface area contributed by atoms with E-state index in [1.165, 1.54) is 0 Å². The highest BCUT2D eigenvalue weighted by atomic mass is 19.4. The second-order valence-electron chi connectivity index (χ2n) is 6.41. The normalized spacial score (nSPS) is 23.4. The maximum Gasteiger partial charge on any atom is 0.391 e. The van der Waals surface area contributed by atoms with E-state index in [1.54, 1.807) is 0 Å². The molecule has 0 heterocycles. The largest absolute Gasteiger partial charge is 0.480 e. The van der Waals surface area contributed by atoms with Gasteiger partial charge < -0.3 is 10.4 Å². The van der Waals surface area contributed by atoms with Crippen LogP contribution in [0.25, 0.3) is 0 Å². The molecule has 0 aromatic rings. The Morgan fingerprint density at radius 3 is 2.43 bits per heavy atom. The molecule has 7 heteroatoms. The van der Waals surface area contributed by atoms with Crippen molar-refractivity contribution in [3.63, 3.8) is 0 Å². The summed E-state index contributed by atoms with van der Waals surface area (Å²) in [5.41, 5.74) is -0.0433. The Bertz CT molecular complexity index is 393. The Kier molecular flexibility index (Phi) is 5.64. The summed E-state index contributed by atoms with van der Waals surface area (Å²) in [5, 5.41) is 10.8. The number of carboxylic acids is 1. The predicted molar refractivity (Wildman–Crippen MR) is 70.6 cm³/mol. The van der Waals surface area contributed by atoms with E-state index in [4.69, 9.17) is 5.11 Å². The number of amides is 1. The Labute approximate surface area is 122 Å². The van der Waals surface area contributed by atoms with E-state index in [1.807, 2.05) is 19.2 Å². The van der Waals surface area contributed by atoms with Crippen molar-refractivity contribution in [3.8, 4) is 0 Å². The van der Waals surface area contributed by atoms with Gasteiger partial charge in [0.05, 0.1) is 6.42 Å². The van der Waals surface area contributed by atoms with Crippen LogP contribution in [0, 0.1) is 11.3 Å². The van der Waals surface area contributed by atoms with Gasteiger partial charge in [-0.1, -0.05) is 26.7 Å². The first-order chi connectivity index (χ1) is 9.51. The lowest BCUT2D eigenvalue weighted by molar-refractivity contribution is -0.160. The van der Waals surface area contributed by atoms with Crippen LogP contribution in [-0.2, 0) is 9.59 Å². The van der Waals surface area contributed by atoms with Gasteiger partial charge in [0.1, 0.15) is 6.04 Å². The molecule has 0 aliphatic heterocycles. The molecule has 0 aromatic carbocycles. The van der Waals surface area contributed by atoms with E-state index in [0.29, 0.717) is 0 Å². The average molecular weight is 309 g/mol. The lowest BCUT2D eigenvalue weighted by Gasteiger charge is -2.38. The maximum atomic E-state index is 12.3. The lowest BCUT2D eigenvalue weighted by atomic mass is 9.67. The highest BCUT2D eigenvalue weighted by molar-refractivity contribution is 5.83. The van der Waals surface area contributed by atoms with E-state index >= 15 is 0 Å². The first-order valence-corrected chi connectivity index (χ1v) is 7.10. The molecule has 2 N–H and O–H groups in total. The fourth-order valence-corrected chi connectivity index (χ4v) is 2.85. The molecule has 1 amide bonds. The van der Waals surface area contributed by atoms with Crippen molar-refractivity contribution in [1.82, 2.24) is 5.32 Å². The molecule has 0 radical (unpaired) electrons. The van der Waals surface area contributed by atoms with Gasteiger partial charge in [-0.3, -0.25) is 4.79 Å². The summed E-state index contributed by atoms with van der Waals surface area (Å²) in [7, 11) is 0. The Morgan fingerprint density at radius 1 is 1.33 bits per heavy atom. The number of aliphatic carboxylic acids is 1. The molecule has 122 valence electrons. The van der Waals surface area contributed by atoms with E-state index in [-0.39, 0.29) is 17.8 Å². The third kappa shape index (κ3) is 5.93. The number of rotatable bonds is 5. The molecule has 1 fully saturated rings. The van der Waals surface area contributed by atoms with E-state index < -0.39 is 30.5 Å². The molecular formula is C14H22F3NO3. The van der Waals surface area contributed by atoms with Crippen LogP contribution in [0.4, 0.5) is 13.2 Å². The molecule has 21 heavy (non-hydrogen) atoms. The summed E-state index contributed by atoms with van der Waals surface area (Å²) in [6.07, 6.45) is -2.21. The number of hydrogen-bond acceptors (Lipinski definition) is 2. The topological polar surface area (TPSA) is 66.4 Å². The summed E-state index contributed by atoms with van der Waals surface area (Å²) in [5.74, 6) is -2.21. The Morgan fingerprint density at radius 2 is 1.95 bits per heavy atom. The Hall–Kier alpha value is -1.27. The van der Waals surface area contributed by atoms with Crippen LogP contribution in [0.1, 0.15) is 52.4 Å². The molecule has 4 nitrogen and oxygen atoms in total. The molecule has 1 saturated carbocycles. The highest BCUT2D eigenvalue weighted by Crippen LogP contribution is 2.42. The van der Waals surface area contributed by atoms with Gasteiger partial charge in [-0.2, -0.15) is 13.2 Å². The minimum Gasteiger partial charge on any atom is -0.480 e. The van der Waals surface area contributed by atoms with Crippen LogP contribution in [0.3, 0.4) is 0 Å². The molecule has 2 atom stereocenters. The maximum absolute atomic E-state index is 12.3. The number of carboxylic acid groups (broad SMARTS) is 1. The quantitative estimate of drug-likeness (QED) is 0.820. The SMILES string of the molecule is CC1(C)CCCCC1CC(=O)NC(CC(F)(F)F)C(=O)O. The van der Waals surface area contributed by atoms with Gasteiger partial charge in [0.25, 0.3) is 0 Å². The molecule has 0 saturated heterocycles. The minimum atomic E-state index is -4.62. The zero-order chi connectivity index (χ0) is 16.3. The second kappa shape index (κ2) is 6.66. The zero-order valence-corrected chi connectivity index (χ0v) is 12.3. The molecule has 0 aromatic heterocycles. The molecular weight excluding hydrogens is 287 g/mol. The second-order valence-corrected chi connectivity index (χ2v) is 6.41. The highest BCUT2D eigenvalue weighted by Gasteiger charge is 2.38. The number of halogens is 3. The van der Waals surface area contributed by atoms with Crippen molar-refractivity contribution >= 4 is 11.9 Å². The summed E-state index contributed by atoms with van der Waals surface area (Å²) in [6.45, 7) is 4.07. The fourth-order valence-electron chi connectivity index (χ4n) is 2.85. The summed E-state index contributed by atoms with van der Waals surface area (Å²) in [6, 6.07) is -1.91. The number of hydrogen-bond donors (Lipinski definition) is 2. The first kappa shape index (κ1) is 17.8. The average Bonchev–Trinajstić information content (AvgIpc) is 2.29. The van der Waals surface area contributed by atoms with Crippen LogP contribution in [0.5, 0.6) is 0 Å². The van der Waals surface area contributed by atoms with Crippen molar-refractivity contribution in [3.05, 3.63) is 0 Å². The van der Waals surface area contributed by atoms with Crippen molar-refractivity contribution in [2.24, 2.45) is 11.3 Å². The smallest absolute Gasteiger partial charge is 0.391 e. The summed E-state index contributed by atoms with van der Waals surface area (Å²) < 4.78 is 36.9. The molecule has 1 rings (SSSR count). The summed E-state index contributed by atoms with van der Waals surface area (Å²) in [4.78, 5) is 22.7. The van der Waals surface area contributed by atoms with Gasteiger partial charge in [0.2, 0.25) is 5.91 Å². The van der Waals surface area contributed by atoms with Crippen LogP contribution >= 0.6 is 0 Å². The van der Waals surface area contributed by atoms with Gasteiger partial charge in [0, 0.05) is 6.42 Å². The van der Waals surface area contributed by atoms with Gasteiger partial charge in [-0.25, -0.2) is 4.79 Å². The third-order valence-electron chi connectivity index (χ3n) is 4.23. The minimum absolute atomic E-state index is 0.0433. The molecule has 1 aliphatic rings. The summed E-state index contributed by atoms with van der Waals surface area (Å²) >= 11 is 0. The molecule has 0 bridgehead atoms. The monoisotopic (exact) mass is 309 g/mol. The van der Waals surface area contributed by atoms with E-state index in [0.717, 1.165) is 25.7 Å². The van der Waals surface area contributed by atoms with Crippen LogP contribution in [0.15, 0.2) is 0 Å². The van der Waals surface area contributed by atoms with Gasteiger partial charge in [-0.15, -0.1) is 0 Å². The first-order valence-electron chi connectivity index (χ1n) is 7.10. The molecule has 2 unspecified atom stereocenters. The Balaban J connectivity index is 2.59. The number of carbonyl (C=O) groups excluding carboxylic acids is 1. The van der Waals surface area contributed by atoms with Crippen LogP contribution in [-0.4, -0.2) is 29.2 Å². The number of carbonyl (C=O) groups is 2. The fraction of sp³-hybridized carbons (Fsp3) is 0.857. The van der Waals surface area contributed by atoms with Crippen LogP contribution in [0.2, 0.25) is 0 Å². The third-order valence-corrected chi connectivity index (χ3v) is 4.23. The van der Waals surface area contributed by atoms with Crippen molar-refractivity contribution in [1.29, 1.82) is 0 Å². The van der Waals surface area contributed by atoms with Crippen molar-refractivity contribution in [2.75, 3.05) is 0 Å². The van der Waals surface area contributed by atoms with Gasteiger partial charge in [-0.05, 0) is 24.2 Å². The number of nitrogens with one attached hydrogen (secondary N) is 1. The predicted octanol–water partition coefficient (Wildman–Crippen LogP) is 3.11. The van der Waals surface area contributed by atoms with Gasteiger partial charge >= 0.3 is 12.1 Å². The molecule has 1 aliphatic carbocycles. The standard InChI is InChI=1S/C14H22F3NO3/c1-13(2)6-4-3-5-9(13)7-11(19)18-10(12(20)21)8-14(15,16)17/h9-10H,3-8H2,1-2H3,(H,18,19)(H,20,21). The lowest BCUT2D eigenvalue weighted by Crippen LogP contribution is -2.45. The van der Waals surface area contributed by atoms with E-state index in [9.17, 15) is 22.8 Å². The van der Waals surface area contributed by atoms with Crippen molar-refractivity contribution in [2.45, 2.75) is 64.6 Å². The van der Waals surface area contributed by atoms with Crippen LogP contribution < -0.4 is 5.32 Å². The number of alkyl halides is 3. The van der Waals surface area contributed by atoms with Gasteiger partial charge in [0.15, 0.2) is 0 Å². The van der Waals surface area contributed by atoms with Crippen molar-refractivity contribution < 1.29 is 27.9 Å². The van der Waals surface area contributed by atoms with E-state index in [2.05, 4.69) is 0 Å². The zero-order valence-electron chi connectivity index (χ0n) is 12.3.